The Hall–Kier alpha value is -1.93. The first kappa shape index (κ1) is 19.1. The summed E-state index contributed by atoms with van der Waals surface area (Å²) in [7, 11) is 0. The van der Waals surface area contributed by atoms with Gasteiger partial charge in [0.1, 0.15) is 0 Å². The minimum Gasteiger partial charge on any atom is -0.335 e. The Morgan fingerprint density at radius 1 is 1.21 bits per heavy atom. The highest BCUT2D eigenvalue weighted by Crippen LogP contribution is 2.43. The molecule has 4 unspecified atom stereocenters. The van der Waals surface area contributed by atoms with E-state index in [1.165, 1.54) is 24.1 Å². The van der Waals surface area contributed by atoms with Crippen LogP contribution in [-0.2, 0) is 22.7 Å². The number of rotatable bonds is 3. The predicted octanol–water partition coefficient (Wildman–Crippen LogP) is 0.877. The van der Waals surface area contributed by atoms with E-state index in [1.54, 1.807) is 0 Å². The second-order valence-corrected chi connectivity index (χ2v) is 9.27. The van der Waals surface area contributed by atoms with Crippen LogP contribution in [0.15, 0.2) is 6.20 Å². The second kappa shape index (κ2) is 7.72. The molecule has 3 fully saturated rings. The highest BCUT2D eigenvalue weighted by Gasteiger charge is 2.43. The van der Waals surface area contributed by atoms with Gasteiger partial charge in [-0.15, -0.1) is 0 Å². The Kier molecular flexibility index (Phi) is 5.07. The lowest BCUT2D eigenvalue weighted by Gasteiger charge is -2.43. The molecule has 0 aromatic carbocycles. The highest BCUT2D eigenvalue weighted by molar-refractivity contribution is 5.80. The number of hydrogen-bond donors (Lipinski definition) is 3. The van der Waals surface area contributed by atoms with Crippen molar-refractivity contribution in [2.75, 3.05) is 13.1 Å². The summed E-state index contributed by atoms with van der Waals surface area (Å²) in [5.74, 6) is 1.34. The molecule has 2 amide bonds. The van der Waals surface area contributed by atoms with E-state index in [2.05, 4.69) is 25.5 Å². The fourth-order valence-corrected chi connectivity index (χ4v) is 6.08. The molecule has 0 bridgehead atoms. The van der Waals surface area contributed by atoms with Gasteiger partial charge in [-0.25, -0.2) is 5.43 Å². The summed E-state index contributed by atoms with van der Waals surface area (Å²) in [5.41, 5.74) is 14.3. The van der Waals surface area contributed by atoms with Crippen molar-refractivity contribution in [3.8, 4) is 0 Å². The van der Waals surface area contributed by atoms with Crippen molar-refractivity contribution in [1.29, 1.82) is 0 Å². The molecule has 5 rings (SSSR count). The van der Waals surface area contributed by atoms with Crippen molar-refractivity contribution in [3.63, 3.8) is 0 Å². The average molecular weight is 401 g/mol. The smallest absolute Gasteiger partial charge is 0.237 e. The molecule has 0 radical (unpaired) electrons. The number of hydrazine groups is 1. The van der Waals surface area contributed by atoms with Crippen LogP contribution in [0.1, 0.15) is 62.1 Å². The molecule has 158 valence electrons. The van der Waals surface area contributed by atoms with E-state index >= 15 is 0 Å². The molecule has 8 heteroatoms. The first-order valence-electron chi connectivity index (χ1n) is 11.2. The first-order chi connectivity index (χ1) is 14.2. The third-order valence-electron chi connectivity index (χ3n) is 7.75. The summed E-state index contributed by atoms with van der Waals surface area (Å²) < 4.78 is 2.09. The van der Waals surface area contributed by atoms with Gasteiger partial charge in [0.15, 0.2) is 0 Å². The van der Waals surface area contributed by atoms with Crippen molar-refractivity contribution < 1.29 is 9.59 Å². The summed E-state index contributed by atoms with van der Waals surface area (Å²) in [6.07, 6.45) is 9.28. The van der Waals surface area contributed by atoms with E-state index in [0.717, 1.165) is 45.2 Å². The fourth-order valence-electron chi connectivity index (χ4n) is 6.08. The van der Waals surface area contributed by atoms with Crippen LogP contribution in [0.5, 0.6) is 0 Å². The fraction of sp³-hybridized carbons (Fsp3) is 0.762. The third-order valence-corrected chi connectivity index (χ3v) is 7.75. The van der Waals surface area contributed by atoms with Gasteiger partial charge < -0.3 is 10.6 Å². The number of nitrogens with zero attached hydrogens (tertiary/aromatic N) is 3. The van der Waals surface area contributed by atoms with Crippen LogP contribution in [-0.4, -0.2) is 45.6 Å². The van der Waals surface area contributed by atoms with Gasteiger partial charge in [0, 0.05) is 31.0 Å². The van der Waals surface area contributed by atoms with Crippen LogP contribution in [0.25, 0.3) is 0 Å². The van der Waals surface area contributed by atoms with Crippen molar-refractivity contribution in [1.82, 2.24) is 25.5 Å². The Morgan fingerprint density at radius 3 is 2.83 bits per heavy atom. The maximum Gasteiger partial charge on any atom is 0.237 e. The lowest BCUT2D eigenvalue weighted by atomic mass is 9.68. The molecule has 2 aliphatic heterocycles. The zero-order valence-electron chi connectivity index (χ0n) is 17.0. The zero-order chi connectivity index (χ0) is 20.0. The number of nitrogens with one attached hydrogen (secondary N) is 2. The number of nitrogens with two attached hydrogens (primary N) is 1. The van der Waals surface area contributed by atoms with Gasteiger partial charge in [-0.1, -0.05) is 12.8 Å². The van der Waals surface area contributed by atoms with E-state index in [-0.39, 0.29) is 29.7 Å². The lowest BCUT2D eigenvalue weighted by Crippen LogP contribution is -2.62. The Balaban J connectivity index is 1.34. The van der Waals surface area contributed by atoms with Gasteiger partial charge in [-0.3, -0.25) is 19.7 Å². The maximum atomic E-state index is 13.0. The van der Waals surface area contributed by atoms with Gasteiger partial charge in [0.25, 0.3) is 0 Å². The minimum absolute atomic E-state index is 0.0490. The lowest BCUT2D eigenvalue weighted by molar-refractivity contribution is -0.137. The predicted molar refractivity (Wildman–Crippen MR) is 107 cm³/mol. The highest BCUT2D eigenvalue weighted by atomic mass is 16.2. The molecule has 29 heavy (non-hydrogen) atoms. The summed E-state index contributed by atoms with van der Waals surface area (Å²) in [6, 6.07) is 0.118. The number of amides is 2. The summed E-state index contributed by atoms with van der Waals surface area (Å²) in [6.45, 7) is 2.73. The van der Waals surface area contributed by atoms with Gasteiger partial charge in [0.2, 0.25) is 11.8 Å². The summed E-state index contributed by atoms with van der Waals surface area (Å²) >= 11 is 0. The van der Waals surface area contributed by atoms with Crippen molar-refractivity contribution >= 4 is 11.8 Å². The van der Waals surface area contributed by atoms with E-state index in [9.17, 15) is 9.59 Å². The normalized spacial score (nSPS) is 32.6. The second-order valence-electron chi connectivity index (χ2n) is 9.27. The Labute approximate surface area is 171 Å². The van der Waals surface area contributed by atoms with Crippen LogP contribution in [0, 0.1) is 17.8 Å². The Bertz CT molecular complexity index is 786. The van der Waals surface area contributed by atoms with Crippen LogP contribution in [0.2, 0.25) is 0 Å². The van der Waals surface area contributed by atoms with Crippen LogP contribution < -0.4 is 16.6 Å². The molecular formula is C21H32N6O2. The molecule has 2 saturated carbocycles. The Morgan fingerprint density at radius 2 is 2.03 bits per heavy atom. The number of hydrogen-bond acceptors (Lipinski definition) is 5. The SMILES string of the molecule is NCC1NNC(=O)C2CCC(c3cnn4c3CN(C(=O)C3CCCC3)CC4)CC12. The van der Waals surface area contributed by atoms with Crippen molar-refractivity contribution in [2.24, 2.45) is 23.5 Å². The van der Waals surface area contributed by atoms with Crippen LogP contribution in [0.3, 0.4) is 0 Å². The monoisotopic (exact) mass is 400 g/mol. The van der Waals surface area contributed by atoms with Crippen LogP contribution in [0.4, 0.5) is 0 Å². The molecule has 2 aliphatic carbocycles. The molecular weight excluding hydrogens is 368 g/mol. The molecule has 1 aromatic rings. The largest absolute Gasteiger partial charge is 0.335 e. The van der Waals surface area contributed by atoms with E-state index in [1.807, 2.05) is 6.20 Å². The standard InChI is InChI=1S/C21H32N6O2/c22-10-18-16-9-14(5-6-15(16)20(28)25-24-18)17-11-23-27-8-7-26(12-19(17)27)21(29)13-3-1-2-4-13/h11,13-16,18,24H,1-10,12,22H2,(H,25,28). The number of carbonyl (C=O) groups is 2. The molecule has 1 aromatic heterocycles. The molecule has 4 aliphatic rings. The quantitative estimate of drug-likeness (QED) is 0.698. The molecule has 4 atom stereocenters. The average Bonchev–Trinajstić information content (AvgIpc) is 3.43. The minimum atomic E-state index is 0.0490. The van der Waals surface area contributed by atoms with E-state index < -0.39 is 0 Å². The number of fused-ring (bicyclic) bond motifs is 2. The number of carbonyl (C=O) groups excluding carboxylic acids is 2. The van der Waals surface area contributed by atoms with Gasteiger partial charge in [-0.2, -0.15) is 5.10 Å². The number of aromatic nitrogens is 2. The molecule has 4 N–H and O–H groups in total. The molecule has 8 nitrogen and oxygen atoms in total. The summed E-state index contributed by atoms with van der Waals surface area (Å²) in [4.78, 5) is 27.3. The topological polar surface area (TPSA) is 105 Å². The third kappa shape index (κ3) is 3.36. The van der Waals surface area contributed by atoms with Gasteiger partial charge >= 0.3 is 0 Å². The molecule has 3 heterocycles. The van der Waals surface area contributed by atoms with E-state index in [0.29, 0.717) is 24.9 Å². The van der Waals surface area contributed by atoms with Gasteiger partial charge in [0.05, 0.1) is 25.0 Å². The summed E-state index contributed by atoms with van der Waals surface area (Å²) in [5, 5.41) is 4.64. The van der Waals surface area contributed by atoms with Crippen molar-refractivity contribution in [2.45, 2.75) is 70.0 Å². The zero-order valence-corrected chi connectivity index (χ0v) is 17.0. The maximum absolute atomic E-state index is 13.0. The van der Waals surface area contributed by atoms with Crippen LogP contribution >= 0.6 is 0 Å². The molecule has 1 saturated heterocycles. The molecule has 0 spiro atoms. The van der Waals surface area contributed by atoms with Crippen molar-refractivity contribution in [3.05, 3.63) is 17.5 Å². The van der Waals surface area contributed by atoms with Gasteiger partial charge in [-0.05, 0) is 49.5 Å². The van der Waals surface area contributed by atoms with E-state index in [4.69, 9.17) is 5.73 Å². The first-order valence-corrected chi connectivity index (χ1v) is 11.2.